The molecular formula is C7H10O3S. The van der Waals surface area contributed by atoms with Gasteiger partial charge in [0.1, 0.15) is 6.10 Å². The van der Waals surface area contributed by atoms with Crippen molar-refractivity contribution in [1.82, 2.24) is 0 Å². The van der Waals surface area contributed by atoms with E-state index in [1.165, 1.54) is 0 Å². The molecule has 3 unspecified atom stereocenters. The van der Waals surface area contributed by atoms with E-state index in [2.05, 4.69) is 0 Å². The second kappa shape index (κ2) is 2.68. The molecule has 0 aromatic rings. The van der Waals surface area contributed by atoms with Crippen molar-refractivity contribution >= 4 is 17.1 Å². The summed E-state index contributed by atoms with van der Waals surface area (Å²) in [4.78, 5) is 10.8. The fourth-order valence-corrected chi connectivity index (χ4v) is 2.69. The molecule has 3 atom stereocenters. The first-order valence-corrected chi connectivity index (χ1v) is 4.70. The minimum Gasteiger partial charge on any atom is -0.453 e. The van der Waals surface area contributed by atoms with Crippen LogP contribution in [0.1, 0.15) is 19.3 Å². The molecule has 1 heterocycles. The summed E-state index contributed by atoms with van der Waals surface area (Å²) in [5.41, 5.74) is 0. The third kappa shape index (κ3) is 1.25. The van der Waals surface area contributed by atoms with Crippen molar-refractivity contribution in [3.63, 3.8) is 0 Å². The molecule has 2 fully saturated rings. The molecule has 3 nitrogen and oxygen atoms in total. The van der Waals surface area contributed by atoms with E-state index < -0.39 is 0 Å². The molecule has 0 aromatic heterocycles. The average molecular weight is 174 g/mol. The van der Waals surface area contributed by atoms with Gasteiger partial charge in [0.05, 0.1) is 11.4 Å². The van der Waals surface area contributed by atoms with Gasteiger partial charge in [-0.2, -0.15) is 0 Å². The summed E-state index contributed by atoms with van der Waals surface area (Å²) < 4.78 is 5.00. The molecule has 1 saturated carbocycles. The van der Waals surface area contributed by atoms with Gasteiger partial charge in [0.15, 0.2) is 0 Å². The van der Waals surface area contributed by atoms with Crippen LogP contribution < -0.4 is 0 Å². The number of thioether (sulfide) groups is 1. The van der Waals surface area contributed by atoms with Crippen LogP contribution in [0.5, 0.6) is 0 Å². The Morgan fingerprint density at radius 2 is 2.36 bits per heavy atom. The summed E-state index contributed by atoms with van der Waals surface area (Å²) in [5, 5.41) is 9.23. The van der Waals surface area contributed by atoms with Crippen LogP contribution in [0.3, 0.4) is 0 Å². The lowest BCUT2D eigenvalue weighted by molar-refractivity contribution is 0.0515. The highest BCUT2D eigenvalue weighted by Crippen LogP contribution is 2.38. The zero-order valence-electron chi connectivity index (χ0n) is 6.03. The molecule has 1 saturated heterocycles. The normalized spacial score (nSPS) is 43.4. The lowest BCUT2D eigenvalue weighted by Crippen LogP contribution is -2.35. The molecule has 62 valence electrons. The Labute approximate surface area is 69.1 Å². The SMILES string of the molecule is O=C1OC2CCCC(O)C2S1. The van der Waals surface area contributed by atoms with E-state index in [0.717, 1.165) is 31.0 Å². The van der Waals surface area contributed by atoms with Gasteiger partial charge in [-0.15, -0.1) is 0 Å². The van der Waals surface area contributed by atoms with Crippen molar-refractivity contribution in [2.45, 2.75) is 36.7 Å². The van der Waals surface area contributed by atoms with E-state index in [-0.39, 0.29) is 22.8 Å². The lowest BCUT2D eigenvalue weighted by Gasteiger charge is -2.26. The minimum absolute atomic E-state index is 0.0104. The molecule has 1 aliphatic heterocycles. The molecule has 1 aliphatic carbocycles. The van der Waals surface area contributed by atoms with Gasteiger partial charge >= 0.3 is 5.30 Å². The molecule has 11 heavy (non-hydrogen) atoms. The number of rotatable bonds is 0. The van der Waals surface area contributed by atoms with Crippen molar-refractivity contribution in [2.24, 2.45) is 0 Å². The number of carbonyl (C=O) groups is 1. The first-order chi connectivity index (χ1) is 5.27. The second-order valence-corrected chi connectivity index (χ2v) is 4.10. The van der Waals surface area contributed by atoms with Crippen LogP contribution in [0, 0.1) is 0 Å². The highest BCUT2D eigenvalue weighted by molar-refractivity contribution is 8.14. The standard InChI is InChI=1S/C7H10O3S/c8-4-2-1-3-5-6(4)11-7(9)10-5/h4-6,8H,1-3H2. The van der Waals surface area contributed by atoms with Gasteiger partial charge in [0, 0.05) is 0 Å². The van der Waals surface area contributed by atoms with Crippen LogP contribution in [0.2, 0.25) is 0 Å². The Bertz CT molecular complexity index is 183. The predicted octanol–water partition coefficient (Wildman–Crippen LogP) is 1.15. The number of ether oxygens (including phenoxy) is 1. The first-order valence-electron chi connectivity index (χ1n) is 3.83. The molecule has 0 radical (unpaired) electrons. The molecular weight excluding hydrogens is 164 g/mol. The van der Waals surface area contributed by atoms with E-state index >= 15 is 0 Å². The summed E-state index contributed by atoms with van der Waals surface area (Å²) in [6, 6.07) is 0. The highest BCUT2D eigenvalue weighted by Gasteiger charge is 2.42. The van der Waals surface area contributed by atoms with E-state index in [4.69, 9.17) is 4.74 Å². The Hall–Kier alpha value is -0.220. The van der Waals surface area contributed by atoms with E-state index in [0.29, 0.717) is 0 Å². The maximum Gasteiger partial charge on any atom is 0.368 e. The summed E-state index contributed by atoms with van der Waals surface area (Å²) in [7, 11) is 0. The van der Waals surface area contributed by atoms with Crippen LogP contribution in [-0.4, -0.2) is 27.9 Å². The maximum atomic E-state index is 10.8. The fraction of sp³-hybridized carbons (Fsp3) is 0.857. The second-order valence-electron chi connectivity index (χ2n) is 2.99. The third-order valence-corrected chi connectivity index (χ3v) is 3.39. The van der Waals surface area contributed by atoms with Crippen LogP contribution in [-0.2, 0) is 4.74 Å². The Morgan fingerprint density at radius 1 is 1.55 bits per heavy atom. The fourth-order valence-electron chi connectivity index (χ4n) is 1.65. The summed E-state index contributed by atoms with van der Waals surface area (Å²) in [5.74, 6) is 0. The van der Waals surface area contributed by atoms with Gasteiger partial charge < -0.3 is 9.84 Å². The predicted molar refractivity (Wildman–Crippen MR) is 41.5 cm³/mol. The van der Waals surface area contributed by atoms with Crippen LogP contribution in [0.15, 0.2) is 0 Å². The zero-order valence-corrected chi connectivity index (χ0v) is 6.84. The Kier molecular flexibility index (Phi) is 1.81. The molecule has 0 bridgehead atoms. The van der Waals surface area contributed by atoms with E-state index in [1.807, 2.05) is 0 Å². The summed E-state index contributed by atoms with van der Waals surface area (Å²) >= 11 is 1.15. The topological polar surface area (TPSA) is 46.5 Å². The van der Waals surface area contributed by atoms with Crippen molar-refractivity contribution in [1.29, 1.82) is 0 Å². The minimum atomic E-state index is -0.342. The van der Waals surface area contributed by atoms with Crippen LogP contribution >= 0.6 is 11.8 Å². The van der Waals surface area contributed by atoms with Crippen molar-refractivity contribution < 1.29 is 14.6 Å². The largest absolute Gasteiger partial charge is 0.453 e. The number of aliphatic hydroxyl groups excluding tert-OH is 1. The maximum absolute atomic E-state index is 10.8. The average Bonchev–Trinajstić information content (AvgIpc) is 2.31. The Balaban J connectivity index is 2.09. The quantitative estimate of drug-likeness (QED) is 0.560. The Morgan fingerprint density at radius 3 is 3.09 bits per heavy atom. The van der Waals surface area contributed by atoms with E-state index in [1.54, 1.807) is 0 Å². The summed E-state index contributed by atoms with van der Waals surface area (Å²) in [6.45, 7) is 0. The number of hydrogen-bond acceptors (Lipinski definition) is 4. The lowest BCUT2D eigenvalue weighted by atomic mass is 9.94. The number of hydrogen-bond donors (Lipinski definition) is 1. The molecule has 4 heteroatoms. The van der Waals surface area contributed by atoms with Gasteiger partial charge in [0.2, 0.25) is 0 Å². The molecule has 2 aliphatic rings. The molecule has 0 amide bonds. The molecule has 2 rings (SSSR count). The van der Waals surface area contributed by atoms with Gasteiger partial charge in [0.25, 0.3) is 0 Å². The zero-order chi connectivity index (χ0) is 7.84. The van der Waals surface area contributed by atoms with Crippen LogP contribution in [0.4, 0.5) is 4.79 Å². The number of fused-ring (bicyclic) bond motifs is 1. The molecule has 0 spiro atoms. The monoisotopic (exact) mass is 174 g/mol. The molecule has 1 N–H and O–H groups in total. The van der Waals surface area contributed by atoms with Crippen LogP contribution in [0.25, 0.3) is 0 Å². The number of carbonyl (C=O) groups excluding carboxylic acids is 1. The highest BCUT2D eigenvalue weighted by atomic mass is 32.2. The van der Waals surface area contributed by atoms with Gasteiger partial charge in [-0.05, 0) is 31.0 Å². The van der Waals surface area contributed by atoms with Crippen molar-refractivity contribution in [3.05, 3.63) is 0 Å². The van der Waals surface area contributed by atoms with Gasteiger partial charge in [-0.25, -0.2) is 4.79 Å². The number of aliphatic hydroxyl groups is 1. The van der Waals surface area contributed by atoms with Crippen molar-refractivity contribution in [2.75, 3.05) is 0 Å². The first kappa shape index (κ1) is 7.43. The van der Waals surface area contributed by atoms with E-state index in [9.17, 15) is 9.90 Å². The van der Waals surface area contributed by atoms with Crippen molar-refractivity contribution in [3.8, 4) is 0 Å². The van der Waals surface area contributed by atoms with Gasteiger partial charge in [-0.3, -0.25) is 0 Å². The summed E-state index contributed by atoms with van der Waals surface area (Å²) in [6.07, 6.45) is 2.34. The molecule has 0 aromatic carbocycles. The smallest absolute Gasteiger partial charge is 0.368 e. The van der Waals surface area contributed by atoms with Gasteiger partial charge in [-0.1, -0.05) is 0 Å². The third-order valence-electron chi connectivity index (χ3n) is 2.21.